The van der Waals surface area contributed by atoms with Gasteiger partial charge in [0.15, 0.2) is 5.96 Å². The summed E-state index contributed by atoms with van der Waals surface area (Å²) in [5, 5.41) is 6.66. The minimum absolute atomic E-state index is 0.580. The Balaban J connectivity index is 2.49. The number of ether oxygens (including phenoxy) is 2. The Morgan fingerprint density at radius 2 is 1.93 bits per heavy atom. The van der Waals surface area contributed by atoms with E-state index in [2.05, 4.69) is 42.4 Å². The Morgan fingerprint density at radius 3 is 2.63 bits per heavy atom. The molecule has 0 unspecified atom stereocenters. The van der Waals surface area contributed by atoms with Crippen molar-refractivity contribution in [2.24, 2.45) is 10.9 Å². The topological polar surface area (TPSA) is 58.1 Å². The molecule has 0 spiro atoms. The number of hydrogen-bond donors (Lipinski definition) is 2. The van der Waals surface area contributed by atoms with Gasteiger partial charge in [-0.15, -0.1) is 0 Å². The fourth-order valence-electron chi connectivity index (χ4n) is 2.32. The van der Waals surface area contributed by atoms with Crippen molar-refractivity contribution in [1.29, 1.82) is 0 Å². The highest BCUT2D eigenvalue weighted by Crippen LogP contribution is 2.18. The first-order valence-corrected chi connectivity index (χ1v) is 9.98. The SMILES string of the molecule is CCNC(=NCc1ccccc1OCCN(C)C)NCCCOCC(C)C. The lowest BCUT2D eigenvalue weighted by molar-refractivity contribution is 0.108. The monoisotopic (exact) mass is 378 g/mol. The number of para-hydroxylation sites is 1. The second-order valence-corrected chi connectivity index (χ2v) is 7.20. The van der Waals surface area contributed by atoms with Gasteiger partial charge in [-0.25, -0.2) is 4.99 Å². The molecule has 27 heavy (non-hydrogen) atoms. The molecule has 1 aromatic carbocycles. The van der Waals surface area contributed by atoms with Gasteiger partial charge in [0.2, 0.25) is 0 Å². The van der Waals surface area contributed by atoms with Crippen molar-refractivity contribution in [3.05, 3.63) is 29.8 Å². The summed E-state index contributed by atoms with van der Waals surface area (Å²) in [4.78, 5) is 6.81. The van der Waals surface area contributed by atoms with E-state index in [0.717, 1.165) is 56.5 Å². The Hall–Kier alpha value is -1.79. The van der Waals surface area contributed by atoms with E-state index < -0.39 is 0 Å². The molecule has 0 saturated heterocycles. The van der Waals surface area contributed by atoms with E-state index in [1.165, 1.54) is 0 Å². The van der Waals surface area contributed by atoms with Crippen LogP contribution in [-0.4, -0.2) is 64.4 Å². The largest absolute Gasteiger partial charge is 0.492 e. The summed E-state index contributed by atoms with van der Waals surface area (Å²) in [6.07, 6.45) is 0.960. The summed E-state index contributed by atoms with van der Waals surface area (Å²) in [5.74, 6) is 2.31. The van der Waals surface area contributed by atoms with Gasteiger partial charge >= 0.3 is 0 Å². The van der Waals surface area contributed by atoms with Crippen LogP contribution in [0.3, 0.4) is 0 Å². The highest BCUT2D eigenvalue weighted by atomic mass is 16.5. The molecule has 0 aliphatic rings. The molecule has 0 radical (unpaired) electrons. The third kappa shape index (κ3) is 11.5. The van der Waals surface area contributed by atoms with Crippen LogP contribution >= 0.6 is 0 Å². The number of aliphatic imine (C=N–C) groups is 1. The lowest BCUT2D eigenvalue weighted by Crippen LogP contribution is -2.38. The van der Waals surface area contributed by atoms with Crippen LogP contribution in [0.15, 0.2) is 29.3 Å². The number of benzene rings is 1. The zero-order valence-corrected chi connectivity index (χ0v) is 17.8. The van der Waals surface area contributed by atoms with Crippen LogP contribution in [0, 0.1) is 5.92 Å². The molecule has 154 valence electrons. The van der Waals surface area contributed by atoms with Gasteiger partial charge < -0.3 is 25.0 Å². The number of rotatable bonds is 13. The summed E-state index contributed by atoms with van der Waals surface area (Å²) in [6.45, 7) is 11.8. The number of hydrogen-bond acceptors (Lipinski definition) is 4. The minimum atomic E-state index is 0.580. The Kier molecular flexibility index (Phi) is 12.3. The molecule has 0 heterocycles. The van der Waals surface area contributed by atoms with E-state index in [-0.39, 0.29) is 0 Å². The van der Waals surface area contributed by atoms with Gasteiger partial charge in [-0.3, -0.25) is 0 Å². The summed E-state index contributed by atoms with van der Waals surface area (Å²) in [7, 11) is 4.09. The van der Waals surface area contributed by atoms with Crippen molar-refractivity contribution in [1.82, 2.24) is 15.5 Å². The molecule has 0 aliphatic carbocycles. The Morgan fingerprint density at radius 1 is 1.15 bits per heavy atom. The maximum absolute atomic E-state index is 5.92. The van der Waals surface area contributed by atoms with Crippen LogP contribution in [0.25, 0.3) is 0 Å². The van der Waals surface area contributed by atoms with Crippen LogP contribution in [-0.2, 0) is 11.3 Å². The molecule has 2 N–H and O–H groups in total. The quantitative estimate of drug-likeness (QED) is 0.314. The molecule has 0 fully saturated rings. The van der Waals surface area contributed by atoms with Crippen molar-refractivity contribution in [3.63, 3.8) is 0 Å². The Bertz CT molecular complexity index is 533. The summed E-state index contributed by atoms with van der Waals surface area (Å²) in [5.41, 5.74) is 1.09. The van der Waals surface area contributed by atoms with Gasteiger partial charge in [0.25, 0.3) is 0 Å². The maximum atomic E-state index is 5.92. The van der Waals surface area contributed by atoms with Crippen molar-refractivity contribution < 1.29 is 9.47 Å². The first-order valence-electron chi connectivity index (χ1n) is 9.98. The first-order chi connectivity index (χ1) is 13.0. The lowest BCUT2D eigenvalue weighted by atomic mass is 10.2. The molecule has 0 saturated carbocycles. The third-order valence-corrected chi connectivity index (χ3v) is 3.73. The van der Waals surface area contributed by atoms with Crippen LogP contribution < -0.4 is 15.4 Å². The standard InChI is InChI=1S/C21H38N4O2/c1-6-22-21(23-12-9-14-26-17-18(2)3)24-16-19-10-7-8-11-20(19)27-15-13-25(4)5/h7-8,10-11,18H,6,9,12-17H2,1-5H3,(H2,22,23,24). The van der Waals surface area contributed by atoms with Gasteiger partial charge in [0, 0.05) is 38.4 Å². The summed E-state index contributed by atoms with van der Waals surface area (Å²) < 4.78 is 11.5. The minimum Gasteiger partial charge on any atom is -0.492 e. The second kappa shape index (κ2) is 14.3. The van der Waals surface area contributed by atoms with E-state index in [9.17, 15) is 0 Å². The fourth-order valence-corrected chi connectivity index (χ4v) is 2.32. The molecule has 0 atom stereocenters. The zero-order chi connectivity index (χ0) is 19.9. The van der Waals surface area contributed by atoms with Gasteiger partial charge in [0.05, 0.1) is 6.54 Å². The van der Waals surface area contributed by atoms with E-state index in [0.29, 0.717) is 19.1 Å². The van der Waals surface area contributed by atoms with Crippen LogP contribution in [0.2, 0.25) is 0 Å². The third-order valence-electron chi connectivity index (χ3n) is 3.73. The zero-order valence-electron chi connectivity index (χ0n) is 17.8. The molecular weight excluding hydrogens is 340 g/mol. The van der Waals surface area contributed by atoms with E-state index in [1.54, 1.807) is 0 Å². The molecule has 0 aliphatic heterocycles. The van der Waals surface area contributed by atoms with Crippen LogP contribution in [0.4, 0.5) is 0 Å². The average Bonchev–Trinajstić information content (AvgIpc) is 2.62. The number of nitrogens with one attached hydrogen (secondary N) is 2. The number of likely N-dealkylation sites (N-methyl/N-ethyl adjacent to an activating group) is 1. The van der Waals surface area contributed by atoms with E-state index in [4.69, 9.17) is 14.5 Å². The molecule has 0 aromatic heterocycles. The van der Waals surface area contributed by atoms with Crippen molar-refractivity contribution in [2.75, 3.05) is 53.6 Å². The maximum Gasteiger partial charge on any atom is 0.191 e. The summed E-state index contributed by atoms with van der Waals surface area (Å²) >= 11 is 0. The molecule has 6 nitrogen and oxygen atoms in total. The highest BCUT2D eigenvalue weighted by molar-refractivity contribution is 5.79. The normalized spacial score (nSPS) is 11.9. The highest BCUT2D eigenvalue weighted by Gasteiger charge is 2.04. The predicted molar refractivity (Wildman–Crippen MR) is 114 cm³/mol. The molecule has 1 rings (SSSR count). The van der Waals surface area contributed by atoms with Crippen LogP contribution in [0.1, 0.15) is 32.8 Å². The number of nitrogens with zero attached hydrogens (tertiary/aromatic N) is 2. The molecule has 1 aromatic rings. The second-order valence-electron chi connectivity index (χ2n) is 7.20. The predicted octanol–water partition coefficient (Wildman–Crippen LogP) is 2.74. The van der Waals surface area contributed by atoms with Crippen molar-refractivity contribution in [3.8, 4) is 5.75 Å². The molecule has 6 heteroatoms. The van der Waals surface area contributed by atoms with Gasteiger partial charge in [-0.05, 0) is 39.4 Å². The van der Waals surface area contributed by atoms with Gasteiger partial charge in [-0.1, -0.05) is 32.0 Å². The smallest absolute Gasteiger partial charge is 0.191 e. The first kappa shape index (κ1) is 23.2. The summed E-state index contributed by atoms with van der Waals surface area (Å²) in [6, 6.07) is 8.10. The molecule has 0 bridgehead atoms. The average molecular weight is 379 g/mol. The lowest BCUT2D eigenvalue weighted by Gasteiger charge is -2.14. The number of guanidine groups is 1. The molecule has 0 amide bonds. The van der Waals surface area contributed by atoms with Crippen LogP contribution in [0.5, 0.6) is 5.75 Å². The Labute approximate surface area is 165 Å². The van der Waals surface area contributed by atoms with E-state index in [1.807, 2.05) is 32.3 Å². The van der Waals surface area contributed by atoms with E-state index >= 15 is 0 Å². The van der Waals surface area contributed by atoms with Crippen molar-refractivity contribution >= 4 is 5.96 Å². The van der Waals surface area contributed by atoms with Gasteiger partial charge in [0.1, 0.15) is 12.4 Å². The fraction of sp³-hybridized carbons (Fsp3) is 0.667. The molecular formula is C21H38N4O2. The van der Waals surface area contributed by atoms with Crippen molar-refractivity contribution in [2.45, 2.75) is 33.7 Å². The van der Waals surface area contributed by atoms with Gasteiger partial charge in [-0.2, -0.15) is 0 Å².